The topological polar surface area (TPSA) is 35.3 Å². The average Bonchev–Trinajstić information content (AvgIpc) is 2.39. The van der Waals surface area contributed by atoms with E-state index < -0.39 is 8.32 Å². The zero-order valence-corrected chi connectivity index (χ0v) is 12.4. The molecule has 1 aliphatic rings. The standard InChI is InChI=1S/C12H25NO2Si/c1-10-7-11(13(14)8-10)9-15-16(5,6)12(2,3)4/h8,10-11H,7,9H2,1-6H3/t10-,11-/m0/s1. The molecule has 0 amide bonds. The molecule has 0 radical (unpaired) electrons. The summed E-state index contributed by atoms with van der Waals surface area (Å²) in [5, 5.41) is 11.8. The normalized spacial score (nSPS) is 27.0. The summed E-state index contributed by atoms with van der Waals surface area (Å²) < 4.78 is 7.15. The predicted molar refractivity (Wildman–Crippen MR) is 70.4 cm³/mol. The molecule has 4 heteroatoms. The lowest BCUT2D eigenvalue weighted by Crippen LogP contribution is -2.43. The van der Waals surface area contributed by atoms with Gasteiger partial charge in [0.15, 0.2) is 20.6 Å². The zero-order chi connectivity index (χ0) is 12.6. The van der Waals surface area contributed by atoms with Crippen molar-refractivity contribution in [1.82, 2.24) is 0 Å². The molecule has 94 valence electrons. The molecule has 1 rings (SSSR count). The van der Waals surface area contributed by atoms with Crippen molar-refractivity contribution >= 4 is 14.5 Å². The van der Waals surface area contributed by atoms with Gasteiger partial charge in [-0.2, -0.15) is 0 Å². The summed E-state index contributed by atoms with van der Waals surface area (Å²) in [7, 11) is -1.70. The van der Waals surface area contributed by atoms with Crippen LogP contribution in [-0.2, 0) is 4.43 Å². The molecule has 3 nitrogen and oxygen atoms in total. The maximum absolute atomic E-state index is 11.5. The van der Waals surface area contributed by atoms with Gasteiger partial charge in [-0.25, -0.2) is 4.74 Å². The van der Waals surface area contributed by atoms with E-state index in [-0.39, 0.29) is 11.1 Å². The van der Waals surface area contributed by atoms with E-state index in [0.717, 1.165) is 11.2 Å². The lowest BCUT2D eigenvalue weighted by atomic mass is 10.1. The number of hydrogen-bond donors (Lipinski definition) is 0. The van der Waals surface area contributed by atoms with Crippen LogP contribution in [0.15, 0.2) is 0 Å². The van der Waals surface area contributed by atoms with Gasteiger partial charge in [0, 0.05) is 12.3 Å². The van der Waals surface area contributed by atoms with Crippen molar-refractivity contribution in [3.63, 3.8) is 0 Å². The number of hydrogen-bond acceptors (Lipinski definition) is 2. The van der Waals surface area contributed by atoms with Crippen LogP contribution in [0.25, 0.3) is 0 Å². The minimum absolute atomic E-state index is 0.0316. The summed E-state index contributed by atoms with van der Waals surface area (Å²) in [6.45, 7) is 13.8. The summed E-state index contributed by atoms with van der Waals surface area (Å²) in [5.74, 6) is 0.394. The van der Waals surface area contributed by atoms with E-state index in [1.165, 1.54) is 0 Å². The first-order chi connectivity index (χ1) is 7.13. The molecule has 0 spiro atoms. The van der Waals surface area contributed by atoms with Gasteiger partial charge in [-0.05, 0) is 18.1 Å². The molecule has 0 unspecified atom stereocenters. The Kier molecular flexibility index (Phi) is 3.85. The number of rotatable bonds is 3. The van der Waals surface area contributed by atoms with E-state index >= 15 is 0 Å². The van der Waals surface area contributed by atoms with E-state index in [4.69, 9.17) is 4.43 Å². The van der Waals surface area contributed by atoms with E-state index in [1.807, 2.05) is 0 Å². The van der Waals surface area contributed by atoms with E-state index in [1.54, 1.807) is 6.21 Å². The highest BCUT2D eigenvalue weighted by atomic mass is 28.4. The van der Waals surface area contributed by atoms with Gasteiger partial charge in [-0.15, -0.1) is 0 Å². The predicted octanol–water partition coefficient (Wildman–Crippen LogP) is 3.00. The molecule has 16 heavy (non-hydrogen) atoms. The first-order valence-corrected chi connectivity index (χ1v) is 8.99. The van der Waals surface area contributed by atoms with Crippen molar-refractivity contribution < 1.29 is 9.16 Å². The molecular weight excluding hydrogens is 218 g/mol. The molecule has 0 aromatic heterocycles. The van der Waals surface area contributed by atoms with Crippen LogP contribution in [0.4, 0.5) is 0 Å². The van der Waals surface area contributed by atoms with Crippen LogP contribution in [0.5, 0.6) is 0 Å². The second kappa shape index (κ2) is 4.49. The van der Waals surface area contributed by atoms with Crippen LogP contribution in [0.1, 0.15) is 34.1 Å². The Balaban J connectivity index is 2.50. The molecule has 0 N–H and O–H groups in total. The van der Waals surface area contributed by atoms with Crippen LogP contribution in [0.2, 0.25) is 18.1 Å². The fourth-order valence-electron chi connectivity index (χ4n) is 1.63. The molecule has 0 bridgehead atoms. The molecule has 0 fully saturated rings. The molecular formula is C12H25NO2Si. The van der Waals surface area contributed by atoms with E-state index in [0.29, 0.717) is 12.5 Å². The fourth-order valence-corrected chi connectivity index (χ4v) is 2.67. The fraction of sp³-hybridized carbons (Fsp3) is 0.917. The maximum Gasteiger partial charge on any atom is 0.192 e. The SMILES string of the molecule is C[C@@H]1C=[N+]([O-])[C@H](CO[Si](C)(C)C(C)(C)C)C1. The molecule has 0 aromatic rings. The lowest BCUT2D eigenvalue weighted by Gasteiger charge is -2.36. The van der Waals surface area contributed by atoms with Gasteiger partial charge >= 0.3 is 0 Å². The minimum Gasteiger partial charge on any atom is -0.624 e. The van der Waals surface area contributed by atoms with Crippen LogP contribution >= 0.6 is 0 Å². The second-order valence-corrected chi connectivity index (χ2v) is 11.3. The third-order valence-electron chi connectivity index (χ3n) is 3.85. The molecule has 0 saturated heterocycles. The van der Waals surface area contributed by atoms with Crippen molar-refractivity contribution in [3.05, 3.63) is 5.21 Å². The van der Waals surface area contributed by atoms with Crippen molar-refractivity contribution in [1.29, 1.82) is 0 Å². The van der Waals surface area contributed by atoms with Gasteiger partial charge in [0.25, 0.3) is 0 Å². The Morgan fingerprint density at radius 2 is 2.00 bits per heavy atom. The summed E-state index contributed by atoms with van der Waals surface area (Å²) >= 11 is 0. The third kappa shape index (κ3) is 3.07. The Hall–Kier alpha value is -0.353. The molecule has 0 aliphatic carbocycles. The highest BCUT2D eigenvalue weighted by Gasteiger charge is 2.39. The largest absolute Gasteiger partial charge is 0.624 e. The Labute approximate surface area is 100 Å². The maximum atomic E-state index is 11.5. The summed E-state index contributed by atoms with van der Waals surface area (Å²) in [4.78, 5) is 0. The van der Waals surface area contributed by atoms with Gasteiger partial charge in [0.1, 0.15) is 0 Å². The summed E-state index contributed by atoms with van der Waals surface area (Å²) in [6, 6.07) is 0.0316. The van der Waals surface area contributed by atoms with Gasteiger partial charge in [0.2, 0.25) is 0 Å². The molecule has 0 saturated carbocycles. The van der Waals surface area contributed by atoms with Gasteiger partial charge in [-0.1, -0.05) is 27.7 Å². The first kappa shape index (κ1) is 13.7. The van der Waals surface area contributed by atoms with Gasteiger partial charge < -0.3 is 9.63 Å². The lowest BCUT2D eigenvalue weighted by molar-refractivity contribution is -0.491. The number of nitrogens with zero attached hydrogens (tertiary/aromatic N) is 1. The quantitative estimate of drug-likeness (QED) is 0.434. The third-order valence-corrected chi connectivity index (χ3v) is 8.35. The van der Waals surface area contributed by atoms with Gasteiger partial charge in [-0.3, -0.25) is 0 Å². The monoisotopic (exact) mass is 243 g/mol. The minimum atomic E-state index is -1.70. The first-order valence-electron chi connectivity index (χ1n) is 6.08. The molecule has 0 aromatic carbocycles. The summed E-state index contributed by atoms with van der Waals surface area (Å²) in [6.07, 6.45) is 2.69. The van der Waals surface area contributed by atoms with Crippen LogP contribution < -0.4 is 0 Å². The van der Waals surface area contributed by atoms with Crippen molar-refractivity contribution in [3.8, 4) is 0 Å². The highest BCUT2D eigenvalue weighted by molar-refractivity contribution is 6.74. The molecule has 1 heterocycles. The van der Waals surface area contributed by atoms with E-state index in [9.17, 15) is 5.21 Å². The summed E-state index contributed by atoms with van der Waals surface area (Å²) in [5.41, 5.74) is 0. The highest BCUT2D eigenvalue weighted by Crippen LogP contribution is 2.36. The van der Waals surface area contributed by atoms with Crippen LogP contribution in [0, 0.1) is 11.1 Å². The van der Waals surface area contributed by atoms with Crippen molar-refractivity contribution in [2.75, 3.05) is 6.61 Å². The molecule has 1 aliphatic heterocycles. The van der Waals surface area contributed by atoms with Crippen molar-refractivity contribution in [2.45, 2.75) is 58.3 Å². The van der Waals surface area contributed by atoms with E-state index in [2.05, 4.69) is 40.8 Å². The van der Waals surface area contributed by atoms with Crippen LogP contribution in [-0.4, -0.2) is 31.9 Å². The zero-order valence-electron chi connectivity index (χ0n) is 11.4. The average molecular weight is 243 g/mol. The smallest absolute Gasteiger partial charge is 0.192 e. The molecule has 2 atom stereocenters. The van der Waals surface area contributed by atoms with Gasteiger partial charge in [0.05, 0.1) is 6.61 Å². The Bertz CT molecular complexity index is 281. The van der Waals surface area contributed by atoms with Crippen molar-refractivity contribution in [2.24, 2.45) is 5.92 Å². The number of hydroxylamine groups is 1. The van der Waals surface area contributed by atoms with Crippen LogP contribution in [0.3, 0.4) is 0 Å². The second-order valence-electron chi connectivity index (χ2n) is 6.45. The Morgan fingerprint density at radius 3 is 2.38 bits per heavy atom. The Morgan fingerprint density at radius 1 is 1.44 bits per heavy atom.